The molecule has 0 aliphatic heterocycles. The minimum absolute atomic E-state index is 0.00509. The second-order valence-electron chi connectivity index (χ2n) is 7.50. The van der Waals surface area contributed by atoms with Gasteiger partial charge < -0.3 is 5.32 Å². The van der Waals surface area contributed by atoms with E-state index in [0.29, 0.717) is 11.3 Å². The van der Waals surface area contributed by atoms with Crippen molar-refractivity contribution in [3.8, 4) is 23.1 Å². The molecule has 11 heteroatoms. The van der Waals surface area contributed by atoms with Gasteiger partial charge in [0, 0.05) is 11.3 Å². The molecule has 0 saturated carbocycles. The van der Waals surface area contributed by atoms with Crippen LogP contribution in [-0.2, 0) is 6.18 Å². The molecular formula is C24H15ClF3N5O2. The monoisotopic (exact) mass is 497 g/mol. The van der Waals surface area contributed by atoms with Crippen LogP contribution in [0.4, 0.5) is 18.9 Å². The lowest BCUT2D eigenvalue weighted by molar-refractivity contribution is -0.137. The lowest BCUT2D eigenvalue weighted by Gasteiger charge is -2.11. The molecule has 4 rings (SSSR count). The number of hydrogen-bond acceptors (Lipinski definition) is 4. The quantitative estimate of drug-likeness (QED) is 0.397. The number of halogens is 4. The van der Waals surface area contributed by atoms with Crippen LogP contribution in [0.5, 0.6) is 0 Å². The number of nitrogens with one attached hydrogen (secondary N) is 2. The Hall–Kier alpha value is -4.36. The second kappa shape index (κ2) is 9.12. The van der Waals surface area contributed by atoms with Crippen LogP contribution in [0.2, 0.25) is 5.02 Å². The molecule has 176 valence electrons. The number of carbonyl (C=O) groups is 1. The average Bonchev–Trinajstić information content (AvgIpc) is 3.19. The van der Waals surface area contributed by atoms with E-state index in [4.69, 9.17) is 11.6 Å². The standard InChI is InChI=1S/C24H15ClF3N5O2/c1-13-10-17(33-23(35)31-21(32-33)20-14(12-29)4-2-7-19(20)25)8-9-18(13)22(34)30-16-6-3-5-15(11-16)24(26,27)28/h2-11H,1H3,(H,30,34)(H,31,32,35). The lowest BCUT2D eigenvalue weighted by atomic mass is 10.1. The van der Waals surface area contributed by atoms with Gasteiger partial charge in [-0.3, -0.25) is 9.78 Å². The van der Waals surface area contributed by atoms with Gasteiger partial charge in [0.15, 0.2) is 5.82 Å². The maximum atomic E-state index is 12.9. The highest BCUT2D eigenvalue weighted by molar-refractivity contribution is 6.33. The number of alkyl halides is 3. The molecule has 0 aliphatic rings. The summed E-state index contributed by atoms with van der Waals surface area (Å²) in [5, 5.41) is 16.3. The Kier molecular flexibility index (Phi) is 6.20. The highest BCUT2D eigenvalue weighted by Gasteiger charge is 2.30. The molecule has 1 heterocycles. The Morgan fingerprint density at radius 3 is 2.57 bits per heavy atom. The summed E-state index contributed by atoms with van der Waals surface area (Å²) in [6.07, 6.45) is -4.54. The predicted molar refractivity (Wildman–Crippen MR) is 123 cm³/mol. The van der Waals surface area contributed by atoms with Crippen molar-refractivity contribution in [1.82, 2.24) is 14.8 Å². The van der Waals surface area contributed by atoms with Gasteiger partial charge in [0.2, 0.25) is 0 Å². The molecule has 0 saturated heterocycles. The lowest BCUT2D eigenvalue weighted by Crippen LogP contribution is -2.18. The van der Waals surface area contributed by atoms with Crippen molar-refractivity contribution < 1.29 is 18.0 Å². The molecule has 3 aromatic carbocycles. The van der Waals surface area contributed by atoms with Crippen LogP contribution in [-0.4, -0.2) is 20.7 Å². The molecule has 0 bridgehead atoms. The number of aryl methyl sites for hydroxylation is 1. The maximum Gasteiger partial charge on any atom is 0.416 e. The number of benzene rings is 3. The van der Waals surface area contributed by atoms with Gasteiger partial charge in [-0.15, -0.1) is 5.10 Å². The Morgan fingerprint density at radius 1 is 1.14 bits per heavy atom. The van der Waals surface area contributed by atoms with Crippen molar-refractivity contribution in [2.45, 2.75) is 13.1 Å². The van der Waals surface area contributed by atoms with Crippen LogP contribution >= 0.6 is 11.6 Å². The van der Waals surface area contributed by atoms with Crippen molar-refractivity contribution in [3.63, 3.8) is 0 Å². The van der Waals surface area contributed by atoms with Crippen molar-refractivity contribution in [2.75, 3.05) is 5.32 Å². The van der Waals surface area contributed by atoms with E-state index in [2.05, 4.69) is 15.4 Å². The SMILES string of the molecule is Cc1cc(-n2nc(-c3c(Cl)cccc3C#N)[nH]c2=O)ccc1C(=O)Nc1cccc(C(F)(F)F)c1. The third-order valence-corrected chi connectivity index (χ3v) is 5.45. The highest BCUT2D eigenvalue weighted by atomic mass is 35.5. The first-order chi connectivity index (χ1) is 16.6. The van der Waals surface area contributed by atoms with Crippen molar-refractivity contribution in [2.24, 2.45) is 0 Å². The first kappa shape index (κ1) is 23.8. The van der Waals surface area contributed by atoms with E-state index in [1.807, 2.05) is 6.07 Å². The highest BCUT2D eigenvalue weighted by Crippen LogP contribution is 2.31. The maximum absolute atomic E-state index is 12.9. The van der Waals surface area contributed by atoms with E-state index < -0.39 is 23.3 Å². The smallest absolute Gasteiger partial charge is 0.322 e. The molecule has 0 aliphatic carbocycles. The Labute approximate surface area is 201 Å². The molecule has 4 aromatic rings. The summed E-state index contributed by atoms with van der Waals surface area (Å²) in [6, 6.07) is 15.5. The summed E-state index contributed by atoms with van der Waals surface area (Å²) < 4.78 is 39.9. The predicted octanol–water partition coefficient (Wildman–Crippen LogP) is 5.33. The van der Waals surface area contributed by atoms with Gasteiger partial charge >= 0.3 is 11.9 Å². The van der Waals surface area contributed by atoms with Gasteiger partial charge in [-0.05, 0) is 61.0 Å². The largest absolute Gasteiger partial charge is 0.416 e. The number of aromatic amines is 1. The molecule has 0 radical (unpaired) electrons. The van der Waals surface area contributed by atoms with E-state index >= 15 is 0 Å². The fourth-order valence-electron chi connectivity index (χ4n) is 3.48. The minimum Gasteiger partial charge on any atom is -0.322 e. The summed E-state index contributed by atoms with van der Waals surface area (Å²) in [5.74, 6) is -0.515. The van der Waals surface area contributed by atoms with E-state index in [1.54, 1.807) is 25.1 Å². The Bertz CT molecular complexity index is 1550. The van der Waals surface area contributed by atoms with Crippen LogP contribution < -0.4 is 11.0 Å². The molecule has 7 nitrogen and oxygen atoms in total. The molecule has 1 amide bonds. The molecular weight excluding hydrogens is 483 g/mol. The average molecular weight is 498 g/mol. The van der Waals surface area contributed by atoms with Crippen LogP contribution in [0.15, 0.2) is 65.5 Å². The van der Waals surface area contributed by atoms with Crippen LogP contribution in [0.1, 0.15) is 27.0 Å². The first-order valence-corrected chi connectivity index (χ1v) is 10.4. The summed E-state index contributed by atoms with van der Waals surface area (Å²) in [5.41, 5.74) is 0.0217. The fraction of sp³-hybridized carbons (Fsp3) is 0.0833. The van der Waals surface area contributed by atoms with Gasteiger partial charge in [-0.2, -0.15) is 23.1 Å². The summed E-state index contributed by atoms with van der Waals surface area (Å²) in [6.45, 7) is 1.62. The van der Waals surface area contributed by atoms with Crippen molar-refractivity contribution in [1.29, 1.82) is 5.26 Å². The minimum atomic E-state index is -4.54. The van der Waals surface area contributed by atoms with Gasteiger partial charge in [0.05, 0.1) is 33.5 Å². The topological polar surface area (TPSA) is 104 Å². The number of H-pyrrole nitrogens is 1. The van der Waals surface area contributed by atoms with Gasteiger partial charge in [-0.25, -0.2) is 4.79 Å². The molecule has 2 N–H and O–H groups in total. The molecule has 0 fully saturated rings. The number of rotatable bonds is 4. The number of anilines is 1. The van der Waals surface area contributed by atoms with E-state index in [1.165, 1.54) is 30.3 Å². The number of nitriles is 1. The summed E-state index contributed by atoms with van der Waals surface area (Å²) in [7, 11) is 0. The third-order valence-electron chi connectivity index (χ3n) is 5.14. The molecule has 0 spiro atoms. The zero-order valence-corrected chi connectivity index (χ0v) is 18.7. The van der Waals surface area contributed by atoms with Gasteiger partial charge in [-0.1, -0.05) is 23.7 Å². The van der Waals surface area contributed by atoms with Crippen molar-refractivity contribution >= 4 is 23.2 Å². The zero-order chi connectivity index (χ0) is 25.3. The van der Waals surface area contributed by atoms with E-state index in [0.717, 1.165) is 16.8 Å². The van der Waals surface area contributed by atoms with Crippen LogP contribution in [0, 0.1) is 18.3 Å². The third kappa shape index (κ3) is 4.81. The summed E-state index contributed by atoms with van der Waals surface area (Å²) >= 11 is 6.20. The first-order valence-electron chi connectivity index (χ1n) is 10.1. The Balaban J connectivity index is 1.63. The van der Waals surface area contributed by atoms with E-state index in [9.17, 15) is 28.0 Å². The summed E-state index contributed by atoms with van der Waals surface area (Å²) in [4.78, 5) is 27.8. The number of nitrogens with zero attached hydrogens (tertiary/aromatic N) is 3. The number of amides is 1. The van der Waals surface area contributed by atoms with Crippen molar-refractivity contribution in [3.05, 3.63) is 98.4 Å². The second-order valence-corrected chi connectivity index (χ2v) is 7.90. The molecule has 0 atom stereocenters. The molecule has 1 aromatic heterocycles. The van der Waals surface area contributed by atoms with Gasteiger partial charge in [0.25, 0.3) is 5.91 Å². The number of hydrogen-bond donors (Lipinski definition) is 2. The molecule has 0 unspecified atom stereocenters. The fourth-order valence-corrected chi connectivity index (χ4v) is 3.74. The number of carbonyl (C=O) groups excluding carboxylic acids is 1. The zero-order valence-electron chi connectivity index (χ0n) is 17.9. The van der Waals surface area contributed by atoms with Gasteiger partial charge in [0.1, 0.15) is 0 Å². The van der Waals surface area contributed by atoms with E-state index in [-0.39, 0.29) is 33.2 Å². The number of aromatic nitrogens is 3. The van der Waals surface area contributed by atoms with Crippen LogP contribution in [0.3, 0.4) is 0 Å². The van der Waals surface area contributed by atoms with Crippen LogP contribution in [0.25, 0.3) is 17.1 Å². The molecule has 35 heavy (non-hydrogen) atoms. The normalized spacial score (nSPS) is 11.2. The Morgan fingerprint density at radius 2 is 1.89 bits per heavy atom.